The van der Waals surface area contributed by atoms with Gasteiger partial charge >= 0.3 is 6.85 Å². The third-order valence-electron chi connectivity index (χ3n) is 19.5. The molecule has 7 aromatic carbocycles. The molecular formula is C70H73BN2O. The highest BCUT2D eigenvalue weighted by molar-refractivity contribution is 6.93. The van der Waals surface area contributed by atoms with Crippen LogP contribution in [0.3, 0.4) is 0 Å². The normalized spacial score (nSPS) is 18.1. The van der Waals surface area contributed by atoms with Crippen LogP contribution in [-0.4, -0.2) is 11.4 Å². The van der Waals surface area contributed by atoms with Crippen molar-refractivity contribution in [2.24, 2.45) is 0 Å². The fourth-order valence-electron chi connectivity index (χ4n) is 15.0. The number of furan rings is 1. The second kappa shape index (κ2) is 14.0. The average Bonchev–Trinajstić information content (AvgIpc) is 4.04. The van der Waals surface area contributed by atoms with Crippen LogP contribution in [-0.2, 0) is 37.9 Å². The van der Waals surface area contributed by atoms with Gasteiger partial charge in [-0.25, -0.2) is 0 Å². The van der Waals surface area contributed by atoms with Gasteiger partial charge in [-0.05, 0) is 178 Å². The summed E-state index contributed by atoms with van der Waals surface area (Å²) < 4.78 is 10.3. The van der Waals surface area contributed by atoms with Crippen molar-refractivity contribution >= 4 is 62.1 Å². The summed E-state index contributed by atoms with van der Waals surface area (Å²) >= 11 is 0. The molecule has 2 aliphatic heterocycles. The first-order valence-electron chi connectivity index (χ1n) is 27.8. The predicted molar refractivity (Wildman–Crippen MR) is 316 cm³/mol. The highest BCUT2D eigenvalue weighted by atomic mass is 16.3. The fraction of sp³-hybridized carbons (Fsp3) is 0.371. The topological polar surface area (TPSA) is 21.3 Å². The Morgan fingerprint density at radius 3 is 1.73 bits per heavy atom. The lowest BCUT2D eigenvalue weighted by atomic mass is 9.45. The zero-order valence-corrected chi connectivity index (χ0v) is 47.2. The maximum Gasteiger partial charge on any atom is 0.375 e. The van der Waals surface area contributed by atoms with Crippen LogP contribution in [0.1, 0.15) is 181 Å². The van der Waals surface area contributed by atoms with E-state index < -0.39 is 0 Å². The Morgan fingerprint density at radius 1 is 0.500 bits per heavy atom. The van der Waals surface area contributed by atoms with Gasteiger partial charge in [0.15, 0.2) is 0 Å². The van der Waals surface area contributed by atoms with Crippen molar-refractivity contribution in [3.05, 3.63) is 159 Å². The van der Waals surface area contributed by atoms with E-state index >= 15 is 0 Å². The Labute approximate surface area is 440 Å². The van der Waals surface area contributed by atoms with Crippen molar-refractivity contribution in [3.63, 3.8) is 0 Å². The molecule has 3 nitrogen and oxygen atoms in total. The quantitative estimate of drug-likeness (QED) is 0.153. The third kappa shape index (κ3) is 5.81. The van der Waals surface area contributed by atoms with Crippen LogP contribution < -0.4 is 15.9 Å². The Bertz CT molecular complexity index is 4010. The van der Waals surface area contributed by atoms with E-state index in [-0.39, 0.29) is 44.8 Å². The maximum atomic E-state index is 7.63. The summed E-state index contributed by atoms with van der Waals surface area (Å²) in [6, 6.07) is 43.9. The van der Waals surface area contributed by atoms with Gasteiger partial charge in [0.25, 0.3) is 0 Å². The molecule has 9 aromatic rings. The molecule has 4 heterocycles. The van der Waals surface area contributed by atoms with E-state index in [4.69, 9.17) is 4.42 Å². The number of nitrogens with zero attached hydrogens (tertiary/aromatic N) is 2. The summed E-state index contributed by atoms with van der Waals surface area (Å²) in [7, 11) is 0. The van der Waals surface area contributed by atoms with Gasteiger partial charge in [0.1, 0.15) is 11.2 Å². The van der Waals surface area contributed by atoms with Crippen LogP contribution >= 0.6 is 0 Å². The zero-order valence-electron chi connectivity index (χ0n) is 47.2. The molecule has 372 valence electrons. The van der Waals surface area contributed by atoms with Crippen molar-refractivity contribution in [1.82, 2.24) is 4.57 Å². The minimum Gasteiger partial charge on any atom is -0.466 e. The molecule has 0 fully saturated rings. The minimum absolute atomic E-state index is 0.00377. The number of fused-ring (bicyclic) bond motifs is 19. The fourth-order valence-corrected chi connectivity index (χ4v) is 15.0. The van der Waals surface area contributed by atoms with Gasteiger partial charge in [0.05, 0.1) is 16.7 Å². The zero-order chi connectivity index (χ0) is 52.1. The summed E-state index contributed by atoms with van der Waals surface area (Å²) in [6.45, 7) is 40.7. The second-order valence-electron chi connectivity index (χ2n) is 28.8. The number of aromatic nitrogens is 1. The number of anilines is 2. The van der Waals surface area contributed by atoms with Crippen LogP contribution in [0, 0.1) is 0 Å². The lowest BCUT2D eigenvalue weighted by Gasteiger charge is -2.42. The smallest absolute Gasteiger partial charge is 0.375 e. The lowest BCUT2D eigenvalue weighted by molar-refractivity contribution is 0.331. The molecule has 0 amide bonds. The molecule has 3 aliphatic carbocycles. The predicted octanol–water partition coefficient (Wildman–Crippen LogP) is 17.6. The van der Waals surface area contributed by atoms with Crippen LogP contribution in [0.25, 0.3) is 71.8 Å². The summed E-state index contributed by atoms with van der Waals surface area (Å²) in [5.74, 6) is 0. The standard InChI is InChI=1S/C70H73BN2O/c1-64(2,3)38-22-26-41(27-23-38)73-54-36-44-43-34-51-52(68(12,13)31-30-67(51,10)11)37-50(43)69(14,15)49(44)35-46(54)57-56-42-20-18-19-21-48(42)70(16,17)59(56)58-45-32-39(65(4,5)6)24-28-53(45)72-61-47-33-40(66(7,8)9)25-29-55(47)74-63(61)71(73)60(57)62(58)72/h18-29,32-37H,30-31H2,1-17H3. The highest BCUT2D eigenvalue weighted by Crippen LogP contribution is 2.62. The van der Waals surface area contributed by atoms with E-state index in [2.05, 4.69) is 236 Å². The molecule has 0 saturated heterocycles. The van der Waals surface area contributed by atoms with Crippen molar-refractivity contribution < 1.29 is 4.42 Å². The van der Waals surface area contributed by atoms with E-state index in [9.17, 15) is 0 Å². The maximum absolute atomic E-state index is 7.63. The van der Waals surface area contributed by atoms with Crippen LogP contribution in [0.15, 0.2) is 114 Å². The van der Waals surface area contributed by atoms with Gasteiger partial charge in [0.2, 0.25) is 0 Å². The minimum atomic E-state index is -0.281. The molecular weight excluding hydrogens is 896 g/mol. The summed E-state index contributed by atoms with van der Waals surface area (Å²) in [5, 5.41) is 3.89. The van der Waals surface area contributed by atoms with Gasteiger partial charge in [-0.1, -0.05) is 172 Å². The molecule has 0 radical (unpaired) electrons. The molecule has 0 spiro atoms. The third-order valence-corrected chi connectivity index (χ3v) is 19.5. The molecule has 74 heavy (non-hydrogen) atoms. The molecule has 14 rings (SSSR count). The van der Waals surface area contributed by atoms with Crippen LogP contribution in [0.2, 0.25) is 0 Å². The van der Waals surface area contributed by atoms with Gasteiger partial charge in [-0.3, -0.25) is 0 Å². The van der Waals surface area contributed by atoms with Crippen LogP contribution in [0.4, 0.5) is 11.4 Å². The molecule has 5 aliphatic rings. The first-order valence-corrected chi connectivity index (χ1v) is 27.8. The Hall–Kier alpha value is -6.26. The SMILES string of the molecule is CC(C)(C)c1ccc(N2B3c4oc5ccc(C(C)(C)C)cc5c4-n4c5ccc(C(C)(C)C)cc5c5c6c(c(c3c54)-c3cc4c(cc32)-c2cc3c(cc2C4(C)C)C(C)(C)CCC3(C)C)-c2ccccc2C6(C)C)cc1. The molecule has 2 aromatic heterocycles. The number of hydrogen-bond acceptors (Lipinski definition) is 2. The van der Waals surface area contributed by atoms with Gasteiger partial charge in [-0.2, -0.15) is 0 Å². The Kier molecular flexibility index (Phi) is 8.73. The average molecular weight is 969 g/mol. The van der Waals surface area contributed by atoms with E-state index in [1.165, 1.54) is 146 Å². The van der Waals surface area contributed by atoms with Gasteiger partial charge in [0, 0.05) is 43.9 Å². The van der Waals surface area contributed by atoms with E-state index in [1.807, 2.05) is 0 Å². The molecule has 0 N–H and O–H groups in total. The van der Waals surface area contributed by atoms with Gasteiger partial charge < -0.3 is 13.8 Å². The highest BCUT2D eigenvalue weighted by Gasteiger charge is 2.53. The van der Waals surface area contributed by atoms with Crippen LogP contribution in [0.5, 0.6) is 0 Å². The Morgan fingerprint density at radius 2 is 1.07 bits per heavy atom. The lowest BCUT2D eigenvalue weighted by Crippen LogP contribution is -2.60. The van der Waals surface area contributed by atoms with E-state index in [1.54, 1.807) is 0 Å². The van der Waals surface area contributed by atoms with Crippen molar-refractivity contribution in [2.75, 3.05) is 4.81 Å². The van der Waals surface area contributed by atoms with Crippen molar-refractivity contribution in [2.45, 2.75) is 168 Å². The summed E-state index contributed by atoms with van der Waals surface area (Å²) in [6.07, 6.45) is 2.38. The second-order valence-corrected chi connectivity index (χ2v) is 28.8. The van der Waals surface area contributed by atoms with E-state index in [0.29, 0.717) is 0 Å². The largest absolute Gasteiger partial charge is 0.466 e. The molecule has 0 unspecified atom stereocenters. The Balaban J connectivity index is 1.20. The molecule has 0 atom stereocenters. The number of rotatable bonds is 1. The summed E-state index contributed by atoms with van der Waals surface area (Å²) in [4.78, 5) is 2.71. The first-order chi connectivity index (χ1) is 34.6. The molecule has 4 heteroatoms. The molecule has 0 saturated carbocycles. The monoisotopic (exact) mass is 969 g/mol. The number of benzene rings is 7. The first kappa shape index (κ1) is 46.3. The summed E-state index contributed by atoms with van der Waals surface area (Å²) in [5.41, 5.74) is 30.0. The van der Waals surface area contributed by atoms with Gasteiger partial charge in [-0.15, -0.1) is 0 Å². The number of hydrogen-bond donors (Lipinski definition) is 0. The molecule has 0 bridgehead atoms. The van der Waals surface area contributed by atoms with Crippen molar-refractivity contribution in [3.8, 4) is 39.1 Å². The van der Waals surface area contributed by atoms with Crippen molar-refractivity contribution in [1.29, 1.82) is 0 Å². The van der Waals surface area contributed by atoms with E-state index in [0.717, 1.165) is 11.2 Å².